The highest BCUT2D eigenvalue weighted by atomic mass is 79.9. The molecule has 3 rings (SSSR count). The van der Waals surface area contributed by atoms with E-state index in [4.69, 9.17) is 4.42 Å². The Morgan fingerprint density at radius 1 is 1.04 bits per heavy atom. The summed E-state index contributed by atoms with van der Waals surface area (Å²) in [5, 5.41) is 9.92. The Morgan fingerprint density at radius 2 is 1.83 bits per heavy atom. The van der Waals surface area contributed by atoms with Gasteiger partial charge in [0.05, 0.1) is 17.5 Å². The molecule has 0 saturated heterocycles. The van der Waals surface area contributed by atoms with E-state index in [0.29, 0.717) is 5.89 Å². The largest absolute Gasteiger partial charge is 0.479 e. The molecule has 0 aliphatic carbocycles. The second kappa shape index (κ2) is 6.98. The summed E-state index contributed by atoms with van der Waals surface area (Å²) in [5.74, 6) is 0.0547. The van der Waals surface area contributed by atoms with Crippen LogP contribution in [0.15, 0.2) is 65.3 Å². The van der Waals surface area contributed by atoms with Crippen LogP contribution in [0.2, 0.25) is 0 Å². The van der Waals surface area contributed by atoms with Crippen molar-refractivity contribution in [3.63, 3.8) is 0 Å². The highest BCUT2D eigenvalue weighted by Crippen LogP contribution is 2.32. The Labute approximate surface area is 157 Å². The van der Waals surface area contributed by atoms with E-state index in [2.05, 4.69) is 57.8 Å². The highest BCUT2D eigenvalue weighted by Gasteiger charge is 2.14. The van der Waals surface area contributed by atoms with Crippen molar-refractivity contribution in [2.75, 3.05) is 0 Å². The molecule has 0 bridgehead atoms. The smallest absolute Gasteiger partial charge is 0.312 e. The first-order valence-electron chi connectivity index (χ1n) is 6.48. The van der Waals surface area contributed by atoms with Crippen molar-refractivity contribution >= 4 is 59.7 Å². The number of hydrogen-bond acceptors (Lipinski definition) is 4. The van der Waals surface area contributed by atoms with Gasteiger partial charge in [-0.1, -0.05) is 28.1 Å². The number of aromatic nitrogens is 1. The number of nitrogens with zero attached hydrogens (tertiary/aromatic N) is 2. The lowest BCUT2D eigenvalue weighted by molar-refractivity contribution is 0.337. The number of benzene rings is 2. The summed E-state index contributed by atoms with van der Waals surface area (Å²) in [7, 11) is 0. The fraction of sp³-hybridized carbons (Fsp3) is 0. The number of aromatic hydroxyl groups is 1. The predicted octanol–water partition coefficient (Wildman–Crippen LogP) is 6.09. The lowest BCUT2D eigenvalue weighted by Crippen LogP contribution is -1.84. The van der Waals surface area contributed by atoms with Gasteiger partial charge in [-0.15, -0.1) is 0 Å². The maximum atomic E-state index is 9.92. The maximum absolute atomic E-state index is 9.92. The van der Waals surface area contributed by atoms with Crippen molar-refractivity contribution in [3.8, 4) is 17.4 Å². The van der Waals surface area contributed by atoms with Crippen molar-refractivity contribution in [3.05, 3.63) is 61.6 Å². The van der Waals surface area contributed by atoms with E-state index < -0.39 is 0 Å². The van der Waals surface area contributed by atoms with Gasteiger partial charge in [0, 0.05) is 13.4 Å². The molecule has 0 unspecified atom stereocenters. The molecule has 0 saturated carbocycles. The van der Waals surface area contributed by atoms with Crippen molar-refractivity contribution < 1.29 is 9.52 Å². The van der Waals surface area contributed by atoms with Crippen molar-refractivity contribution in [2.24, 2.45) is 4.99 Å². The van der Waals surface area contributed by atoms with Gasteiger partial charge in [0.15, 0.2) is 5.69 Å². The number of hydrogen-bond donors (Lipinski definition) is 1. The molecule has 116 valence electrons. The average Bonchev–Trinajstić information content (AvgIpc) is 2.88. The minimum absolute atomic E-state index is 0.269. The van der Waals surface area contributed by atoms with Crippen LogP contribution in [-0.4, -0.2) is 16.3 Å². The minimum Gasteiger partial charge on any atom is -0.479 e. The summed E-state index contributed by atoms with van der Waals surface area (Å²) >= 11 is 10.3. The summed E-state index contributed by atoms with van der Waals surface area (Å²) in [6.07, 6.45) is 1.47. The van der Waals surface area contributed by atoms with Gasteiger partial charge in [-0.3, -0.25) is 4.99 Å². The Kier molecular flexibility index (Phi) is 4.99. The molecule has 1 N–H and O–H groups in total. The summed E-state index contributed by atoms with van der Waals surface area (Å²) in [6.45, 7) is 0. The summed E-state index contributed by atoms with van der Waals surface area (Å²) in [4.78, 5) is 8.60. The Morgan fingerprint density at radius 3 is 2.57 bits per heavy atom. The van der Waals surface area contributed by atoms with E-state index in [0.717, 1.165) is 24.7 Å². The van der Waals surface area contributed by atoms with Crippen molar-refractivity contribution in [1.29, 1.82) is 0 Å². The molecule has 3 aromatic rings. The minimum atomic E-state index is -0.271. The predicted molar refractivity (Wildman–Crippen MR) is 100 cm³/mol. The van der Waals surface area contributed by atoms with Gasteiger partial charge in [-0.2, -0.15) is 0 Å². The molecule has 0 spiro atoms. The SMILES string of the molecule is Oc1oc(-c2ccccc2Br)nc1C=Nc1ccc(Br)cc1Br. The molecule has 23 heavy (non-hydrogen) atoms. The lowest BCUT2D eigenvalue weighted by Gasteiger charge is -1.98. The molecular formula is C16H9Br3N2O2. The van der Waals surface area contributed by atoms with Gasteiger partial charge < -0.3 is 9.52 Å². The molecule has 0 aliphatic rings. The first-order valence-corrected chi connectivity index (χ1v) is 8.86. The fourth-order valence-electron chi connectivity index (χ4n) is 1.87. The Balaban J connectivity index is 1.93. The molecule has 0 amide bonds. The first-order chi connectivity index (χ1) is 11.0. The molecule has 2 aromatic carbocycles. The molecule has 0 aliphatic heterocycles. The van der Waals surface area contributed by atoms with Gasteiger partial charge >= 0.3 is 5.95 Å². The van der Waals surface area contributed by atoms with E-state index in [-0.39, 0.29) is 11.6 Å². The number of rotatable bonds is 3. The van der Waals surface area contributed by atoms with Crippen LogP contribution in [-0.2, 0) is 0 Å². The number of halogens is 3. The van der Waals surface area contributed by atoms with E-state index in [1.54, 1.807) is 0 Å². The number of oxazole rings is 1. The Bertz CT molecular complexity index is 891. The molecular weight excluding hydrogens is 492 g/mol. The molecule has 1 heterocycles. The molecule has 0 radical (unpaired) electrons. The second-order valence-corrected chi connectivity index (χ2v) is 7.17. The maximum Gasteiger partial charge on any atom is 0.312 e. The summed E-state index contributed by atoms with van der Waals surface area (Å²) < 4.78 is 7.94. The molecule has 4 nitrogen and oxygen atoms in total. The normalized spacial score (nSPS) is 11.3. The number of aliphatic imine (C=N–C) groups is 1. The lowest BCUT2D eigenvalue weighted by atomic mass is 10.2. The third-order valence-corrected chi connectivity index (χ3v) is 4.79. The third-order valence-electron chi connectivity index (χ3n) is 2.97. The van der Waals surface area contributed by atoms with E-state index in [1.807, 2.05) is 42.5 Å². The van der Waals surface area contributed by atoms with E-state index >= 15 is 0 Å². The Hall–Kier alpha value is -1.44. The fourth-order valence-corrected chi connectivity index (χ4v) is 3.48. The standard InChI is InChI=1S/C16H9Br3N2O2/c17-9-5-6-13(12(19)7-9)20-8-14-16(22)23-15(21-14)10-3-1-2-4-11(10)18/h1-8,22H. The molecule has 1 aromatic heterocycles. The third kappa shape index (κ3) is 3.73. The van der Waals surface area contributed by atoms with Crippen LogP contribution >= 0.6 is 47.8 Å². The van der Waals surface area contributed by atoms with Crippen LogP contribution in [0.4, 0.5) is 5.69 Å². The topological polar surface area (TPSA) is 58.6 Å². The zero-order valence-electron chi connectivity index (χ0n) is 11.5. The van der Waals surface area contributed by atoms with E-state index in [9.17, 15) is 5.11 Å². The molecule has 0 fully saturated rings. The van der Waals surface area contributed by atoms with Crippen LogP contribution < -0.4 is 0 Å². The summed E-state index contributed by atoms with van der Waals surface area (Å²) in [6, 6.07) is 13.1. The van der Waals surface area contributed by atoms with Crippen LogP contribution in [0, 0.1) is 0 Å². The van der Waals surface area contributed by atoms with Gasteiger partial charge in [-0.05, 0) is 62.2 Å². The second-order valence-electron chi connectivity index (χ2n) is 4.54. The van der Waals surface area contributed by atoms with E-state index in [1.165, 1.54) is 6.21 Å². The van der Waals surface area contributed by atoms with Gasteiger partial charge in [0.2, 0.25) is 5.89 Å². The molecule has 0 atom stereocenters. The monoisotopic (exact) mass is 498 g/mol. The zero-order valence-corrected chi connectivity index (χ0v) is 16.3. The van der Waals surface area contributed by atoms with Gasteiger partial charge in [0.1, 0.15) is 0 Å². The van der Waals surface area contributed by atoms with Crippen LogP contribution in [0.1, 0.15) is 5.69 Å². The highest BCUT2D eigenvalue weighted by molar-refractivity contribution is 9.11. The average molecular weight is 501 g/mol. The quantitative estimate of drug-likeness (QED) is 0.443. The van der Waals surface area contributed by atoms with Crippen LogP contribution in [0.5, 0.6) is 5.95 Å². The summed E-state index contributed by atoms with van der Waals surface area (Å²) in [5.41, 5.74) is 1.75. The van der Waals surface area contributed by atoms with Crippen LogP contribution in [0.25, 0.3) is 11.5 Å². The zero-order chi connectivity index (χ0) is 16.4. The van der Waals surface area contributed by atoms with Crippen LogP contribution in [0.3, 0.4) is 0 Å². The van der Waals surface area contributed by atoms with Crippen molar-refractivity contribution in [1.82, 2.24) is 4.98 Å². The van der Waals surface area contributed by atoms with Gasteiger partial charge in [0.25, 0.3) is 0 Å². The van der Waals surface area contributed by atoms with Crippen molar-refractivity contribution in [2.45, 2.75) is 0 Å². The van der Waals surface area contributed by atoms with Gasteiger partial charge in [-0.25, -0.2) is 4.98 Å². The first kappa shape index (κ1) is 16.4. The molecule has 7 heteroatoms.